The second-order valence-corrected chi connectivity index (χ2v) is 16.3. The molecule has 2 atom stereocenters. The SMILES string of the molecule is CCCc1cc2c(cc1C)C(c1ccc(C(=O)NCC(C)(C)SSCOCC#C[B]C(C)C)cc1C(=O)O)C1C=C(C)C(=NCC)C=C1O2. The molecule has 10 heteroatoms. The third kappa shape index (κ3) is 10.1. The number of aromatic carboxylic acids is 1. The summed E-state index contributed by atoms with van der Waals surface area (Å²) in [7, 11) is 5.13. The average molecular weight is 700 g/mol. The molecule has 2 aromatic carbocycles. The highest BCUT2D eigenvalue weighted by molar-refractivity contribution is 8.77. The van der Waals surface area contributed by atoms with E-state index in [2.05, 4.69) is 68.0 Å². The number of carbonyl (C=O) groups excluding carboxylic acids is 1. The number of fused-ring (bicyclic) bond motifs is 2. The summed E-state index contributed by atoms with van der Waals surface area (Å²) >= 11 is 0. The van der Waals surface area contributed by atoms with Gasteiger partial charge in [0.2, 0.25) is 7.28 Å². The van der Waals surface area contributed by atoms with Gasteiger partial charge in [-0.25, -0.2) is 4.79 Å². The second-order valence-electron chi connectivity index (χ2n) is 13.4. The Balaban J connectivity index is 1.56. The number of carboxylic acids is 1. The van der Waals surface area contributed by atoms with E-state index in [1.54, 1.807) is 33.7 Å². The zero-order chi connectivity index (χ0) is 35.7. The molecule has 0 bridgehead atoms. The largest absolute Gasteiger partial charge is 0.478 e. The van der Waals surface area contributed by atoms with Gasteiger partial charge in [0.05, 0.1) is 11.3 Å². The van der Waals surface area contributed by atoms with E-state index in [9.17, 15) is 14.7 Å². The number of hydrogen-bond acceptors (Lipinski definition) is 7. The molecule has 1 heterocycles. The van der Waals surface area contributed by atoms with Gasteiger partial charge in [0, 0.05) is 46.9 Å². The molecule has 2 N–H and O–H groups in total. The van der Waals surface area contributed by atoms with E-state index in [0.29, 0.717) is 42.6 Å². The molecule has 7 nitrogen and oxygen atoms in total. The maximum absolute atomic E-state index is 13.4. The Bertz CT molecular complexity index is 1700. The number of aryl methyl sites for hydroxylation is 2. The maximum Gasteiger partial charge on any atom is 0.336 e. The molecule has 1 radical (unpaired) electrons. The van der Waals surface area contributed by atoms with Gasteiger partial charge >= 0.3 is 5.97 Å². The maximum atomic E-state index is 13.4. The fourth-order valence-corrected chi connectivity index (χ4v) is 8.07. The number of carbonyl (C=O) groups is 2. The minimum Gasteiger partial charge on any atom is -0.478 e. The predicted molar refractivity (Wildman–Crippen MR) is 205 cm³/mol. The molecule has 2 aromatic rings. The van der Waals surface area contributed by atoms with Gasteiger partial charge in [0.15, 0.2) is 0 Å². The molecule has 0 spiro atoms. The van der Waals surface area contributed by atoms with Crippen molar-refractivity contribution >= 4 is 46.5 Å². The molecule has 0 saturated carbocycles. The van der Waals surface area contributed by atoms with Crippen molar-refractivity contribution in [1.29, 1.82) is 0 Å². The summed E-state index contributed by atoms with van der Waals surface area (Å²) in [6.07, 6.45) is 6.06. The third-order valence-corrected chi connectivity index (χ3v) is 11.3. The third-order valence-electron chi connectivity index (χ3n) is 8.34. The van der Waals surface area contributed by atoms with Gasteiger partial charge in [0.25, 0.3) is 5.91 Å². The van der Waals surface area contributed by atoms with Crippen LogP contribution < -0.4 is 10.1 Å². The number of aliphatic imine (C=N–C) groups is 1. The number of ether oxygens (including phenoxy) is 2. The van der Waals surface area contributed by atoms with Gasteiger partial charge in [-0.2, -0.15) is 5.82 Å². The molecule has 1 amide bonds. The fourth-order valence-electron chi connectivity index (χ4n) is 5.94. The normalized spacial score (nSPS) is 17.6. The Hall–Kier alpha value is -3.39. The molecule has 0 fully saturated rings. The first-order valence-corrected chi connectivity index (χ1v) is 19.3. The van der Waals surface area contributed by atoms with Crippen molar-refractivity contribution in [3.05, 3.63) is 87.2 Å². The fraction of sp³-hybridized carbons (Fsp3) is 0.462. The zero-order valence-corrected chi connectivity index (χ0v) is 31.6. The van der Waals surface area contributed by atoms with Crippen LogP contribution in [0.15, 0.2) is 58.8 Å². The van der Waals surface area contributed by atoms with Crippen molar-refractivity contribution < 1.29 is 24.2 Å². The van der Waals surface area contributed by atoms with Crippen molar-refractivity contribution in [3.63, 3.8) is 0 Å². The minimum atomic E-state index is -1.08. The smallest absolute Gasteiger partial charge is 0.336 e. The molecule has 2 unspecified atom stereocenters. The molecule has 0 saturated heterocycles. The predicted octanol–water partition coefficient (Wildman–Crippen LogP) is 8.45. The summed E-state index contributed by atoms with van der Waals surface area (Å²) < 4.78 is 11.9. The van der Waals surface area contributed by atoms with Crippen LogP contribution in [0.1, 0.15) is 104 Å². The zero-order valence-electron chi connectivity index (χ0n) is 29.9. The Morgan fingerprint density at radius 2 is 1.94 bits per heavy atom. The highest BCUT2D eigenvalue weighted by atomic mass is 33.1. The van der Waals surface area contributed by atoms with Crippen LogP contribution >= 0.6 is 21.6 Å². The second kappa shape index (κ2) is 17.5. The number of rotatable bonds is 14. The van der Waals surface area contributed by atoms with Crippen molar-refractivity contribution in [2.75, 3.05) is 25.6 Å². The molecule has 49 heavy (non-hydrogen) atoms. The van der Waals surface area contributed by atoms with Crippen molar-refractivity contribution in [2.45, 2.75) is 84.7 Å². The molecular weight excluding hydrogens is 651 g/mol. The van der Waals surface area contributed by atoms with Crippen LogP contribution in [0.5, 0.6) is 5.75 Å². The van der Waals surface area contributed by atoms with Gasteiger partial charge in [-0.15, -0.1) is 0 Å². The number of benzene rings is 2. The van der Waals surface area contributed by atoms with Crippen molar-refractivity contribution in [3.8, 4) is 17.5 Å². The van der Waals surface area contributed by atoms with Gasteiger partial charge in [-0.05, 0) is 81.5 Å². The molecular formula is C39H48BN2O5S2. The monoisotopic (exact) mass is 699 g/mol. The number of nitrogens with zero attached hydrogens (tertiary/aromatic N) is 1. The Kier molecular flexibility index (Phi) is 13.7. The molecule has 259 valence electrons. The van der Waals surface area contributed by atoms with Crippen LogP contribution in [0.25, 0.3) is 0 Å². The first-order chi connectivity index (χ1) is 23.3. The summed E-state index contributed by atoms with van der Waals surface area (Å²) in [5.74, 6) is 6.43. The molecule has 2 aliphatic rings. The lowest BCUT2D eigenvalue weighted by Gasteiger charge is -2.37. The first kappa shape index (κ1) is 38.4. The number of nitrogens with one attached hydrogen (secondary N) is 1. The summed E-state index contributed by atoms with van der Waals surface area (Å²) in [5.41, 5.74) is 6.27. The van der Waals surface area contributed by atoms with E-state index in [4.69, 9.17) is 9.47 Å². The highest BCUT2D eigenvalue weighted by Crippen LogP contribution is 2.49. The Morgan fingerprint density at radius 1 is 1.16 bits per heavy atom. The van der Waals surface area contributed by atoms with Gasteiger partial charge < -0.3 is 19.9 Å². The van der Waals surface area contributed by atoms with Gasteiger partial charge in [-0.3, -0.25) is 9.79 Å². The molecule has 4 rings (SSSR count). The van der Waals surface area contributed by atoms with Crippen LogP contribution in [0.3, 0.4) is 0 Å². The number of allylic oxidation sites excluding steroid dienone is 3. The standard InChI is InChI=1S/C39H48BN2O5S2/c1-9-12-27-20-34-31(17-25(27)5)36(32-18-26(6)33(41-10-2)21-35(32)47-34)29-14-13-28(19-30(29)38(44)45)37(43)42-22-39(7,8)49-48-23-46-16-11-15-40-24(3)4/h13-14,17-21,24,32,36H,9-10,12,16,22-23H2,1-8H3,(H,42,43)(H,44,45). The van der Waals surface area contributed by atoms with Gasteiger partial charge in [-0.1, -0.05) is 78.7 Å². The van der Waals surface area contributed by atoms with Crippen LogP contribution in [0, 0.1) is 24.6 Å². The summed E-state index contributed by atoms with van der Waals surface area (Å²) in [5, 5.41) is 13.5. The lowest BCUT2D eigenvalue weighted by molar-refractivity contribution is 0.0694. The van der Waals surface area contributed by atoms with E-state index in [1.807, 2.05) is 41.1 Å². The summed E-state index contributed by atoms with van der Waals surface area (Å²) in [4.78, 5) is 30.9. The minimum absolute atomic E-state index is 0.106. The van der Waals surface area contributed by atoms with Crippen LogP contribution in [0.4, 0.5) is 0 Å². The Labute approximate surface area is 300 Å². The van der Waals surface area contributed by atoms with Crippen LogP contribution in [0.2, 0.25) is 5.82 Å². The van der Waals surface area contributed by atoms with E-state index in [0.717, 1.165) is 46.8 Å². The topological polar surface area (TPSA) is 97.2 Å². The molecule has 1 aliphatic heterocycles. The average Bonchev–Trinajstić information content (AvgIpc) is 3.05. The molecule has 1 aliphatic carbocycles. The van der Waals surface area contributed by atoms with Gasteiger partial charge in [0.1, 0.15) is 24.1 Å². The quantitative estimate of drug-likeness (QED) is 0.0672. The number of amides is 1. The lowest BCUT2D eigenvalue weighted by atomic mass is 9.67. The Morgan fingerprint density at radius 3 is 2.63 bits per heavy atom. The van der Waals surface area contributed by atoms with Crippen molar-refractivity contribution in [1.82, 2.24) is 5.32 Å². The van der Waals surface area contributed by atoms with E-state index >= 15 is 0 Å². The van der Waals surface area contributed by atoms with Crippen molar-refractivity contribution in [2.24, 2.45) is 10.9 Å². The van der Waals surface area contributed by atoms with Crippen LogP contribution in [-0.4, -0.2) is 60.4 Å². The number of carboxylic acid groups (broad SMARTS) is 1. The summed E-state index contributed by atoms with van der Waals surface area (Å²) in [6.45, 7) is 18.0. The summed E-state index contributed by atoms with van der Waals surface area (Å²) in [6, 6.07) is 9.30. The molecule has 0 aromatic heterocycles. The first-order valence-electron chi connectivity index (χ1n) is 17.0. The number of hydrogen-bond donors (Lipinski definition) is 2. The van der Waals surface area contributed by atoms with E-state index in [-0.39, 0.29) is 28.1 Å². The van der Waals surface area contributed by atoms with E-state index in [1.165, 1.54) is 11.6 Å². The van der Waals surface area contributed by atoms with Crippen LogP contribution in [-0.2, 0) is 11.2 Å². The highest BCUT2D eigenvalue weighted by Gasteiger charge is 2.39. The van der Waals surface area contributed by atoms with E-state index < -0.39 is 5.97 Å². The lowest BCUT2D eigenvalue weighted by Crippen LogP contribution is -2.36.